The van der Waals surface area contributed by atoms with E-state index in [9.17, 15) is 31.2 Å². The van der Waals surface area contributed by atoms with Gasteiger partial charge >= 0.3 is 6.18 Å². The van der Waals surface area contributed by atoms with Crippen molar-refractivity contribution in [3.05, 3.63) is 45.4 Å². The first-order chi connectivity index (χ1) is 17.8. The minimum atomic E-state index is -4.16. The number of nitrogens with one attached hydrogen (secondary N) is 1. The third kappa shape index (κ3) is 5.90. The van der Waals surface area contributed by atoms with Crippen molar-refractivity contribution in [3.8, 4) is 0 Å². The first-order valence-electron chi connectivity index (χ1n) is 12.8. The lowest BCUT2D eigenvalue weighted by Gasteiger charge is -2.35. The van der Waals surface area contributed by atoms with Crippen LogP contribution >= 0.6 is 11.3 Å². The number of fused-ring (bicyclic) bond motifs is 1. The van der Waals surface area contributed by atoms with Gasteiger partial charge in [0.2, 0.25) is 0 Å². The number of alkyl halides is 3. The van der Waals surface area contributed by atoms with Crippen LogP contribution in [-0.4, -0.2) is 48.6 Å². The van der Waals surface area contributed by atoms with Crippen LogP contribution < -0.4 is 5.32 Å². The highest BCUT2D eigenvalue weighted by molar-refractivity contribution is 7.91. The minimum Gasteiger partial charge on any atom is -0.346 e. The number of sulfone groups is 1. The number of aromatic nitrogens is 1. The molecule has 1 aliphatic carbocycles. The van der Waals surface area contributed by atoms with E-state index in [1.54, 1.807) is 24.0 Å². The molecule has 0 aromatic carbocycles. The van der Waals surface area contributed by atoms with Crippen molar-refractivity contribution >= 4 is 33.0 Å². The number of hydrogen-bond donors (Lipinski definition) is 1. The normalized spacial score (nSPS) is 22.1. The summed E-state index contributed by atoms with van der Waals surface area (Å²) in [5, 5.41) is 2.77. The quantitative estimate of drug-likeness (QED) is 0.459. The van der Waals surface area contributed by atoms with Crippen LogP contribution in [-0.2, 0) is 16.4 Å². The Morgan fingerprint density at radius 3 is 2.45 bits per heavy atom. The fraction of sp³-hybridized carbons (Fsp3) is 0.577. The van der Waals surface area contributed by atoms with Crippen LogP contribution in [0.25, 0.3) is 0 Å². The molecule has 12 heteroatoms. The monoisotopic (exact) mass is 571 g/mol. The Bertz CT molecular complexity index is 1280. The summed E-state index contributed by atoms with van der Waals surface area (Å²) in [5.74, 6) is -1.72. The van der Waals surface area contributed by atoms with E-state index in [-0.39, 0.29) is 59.7 Å². The van der Waals surface area contributed by atoms with Crippen molar-refractivity contribution in [2.24, 2.45) is 17.8 Å². The van der Waals surface area contributed by atoms with Crippen LogP contribution in [0.5, 0.6) is 0 Å². The summed E-state index contributed by atoms with van der Waals surface area (Å²) in [6, 6.07) is 4.38. The molecule has 2 aromatic rings. The Morgan fingerprint density at radius 2 is 1.89 bits per heavy atom. The second-order valence-corrected chi connectivity index (χ2v) is 13.7. The van der Waals surface area contributed by atoms with Gasteiger partial charge in [-0.2, -0.15) is 13.2 Å². The van der Waals surface area contributed by atoms with E-state index in [1.165, 1.54) is 23.6 Å². The van der Waals surface area contributed by atoms with Gasteiger partial charge < -0.3 is 10.2 Å². The fourth-order valence-electron chi connectivity index (χ4n) is 5.26. The topological polar surface area (TPSA) is 96.4 Å². The van der Waals surface area contributed by atoms with Gasteiger partial charge in [-0.3, -0.25) is 14.6 Å². The molecule has 1 N–H and O–H groups in total. The Morgan fingerprint density at radius 1 is 1.21 bits per heavy atom. The third-order valence-electron chi connectivity index (χ3n) is 7.44. The predicted molar refractivity (Wildman–Crippen MR) is 138 cm³/mol. The van der Waals surface area contributed by atoms with Gasteiger partial charge in [-0.25, -0.2) is 8.42 Å². The van der Waals surface area contributed by atoms with E-state index in [0.29, 0.717) is 35.5 Å². The first kappa shape index (κ1) is 28.5. The van der Waals surface area contributed by atoms with Crippen molar-refractivity contribution in [2.75, 3.05) is 12.3 Å². The molecule has 0 bridgehead atoms. The molecule has 2 aromatic heterocycles. The van der Waals surface area contributed by atoms with E-state index in [4.69, 9.17) is 0 Å². The van der Waals surface area contributed by atoms with Gasteiger partial charge in [-0.1, -0.05) is 20.8 Å². The van der Waals surface area contributed by atoms with Crippen LogP contribution in [0, 0.1) is 17.8 Å². The Labute approximate surface area is 224 Å². The summed E-state index contributed by atoms with van der Waals surface area (Å²) in [6.45, 7) is 6.06. The maximum atomic E-state index is 13.3. The average Bonchev–Trinajstić information content (AvgIpc) is 3.41. The maximum absolute atomic E-state index is 13.3. The number of carbonyl (C=O) groups excluding carboxylic acids is 2. The van der Waals surface area contributed by atoms with Gasteiger partial charge in [-0.05, 0) is 55.7 Å². The number of amides is 2. The highest BCUT2D eigenvalue weighted by atomic mass is 32.2. The van der Waals surface area contributed by atoms with Crippen molar-refractivity contribution in [2.45, 2.75) is 70.1 Å². The molecule has 7 nitrogen and oxygen atoms in total. The van der Waals surface area contributed by atoms with Crippen molar-refractivity contribution in [3.63, 3.8) is 0 Å². The highest BCUT2D eigenvalue weighted by Gasteiger charge is 2.44. The summed E-state index contributed by atoms with van der Waals surface area (Å²) in [6.07, 6.45) is -1.80. The number of carbonyl (C=O) groups is 2. The van der Waals surface area contributed by atoms with Crippen LogP contribution in [0.3, 0.4) is 0 Å². The SMILES string of the molecule is CCS(=O)(=O)c1ccc(CNC(=O)c2cc3c(s2)[C@H](C(C)C)N(C[C@H]2CC[C@H](C(F)(F)F)CC2)C3=O)nc1. The number of rotatable bonds is 8. The molecule has 2 amide bonds. The molecule has 4 rings (SSSR count). The summed E-state index contributed by atoms with van der Waals surface area (Å²) in [7, 11) is -3.36. The number of thiophene rings is 1. The molecule has 0 spiro atoms. The molecule has 208 valence electrons. The second-order valence-electron chi connectivity index (χ2n) is 10.4. The number of pyridine rings is 1. The van der Waals surface area contributed by atoms with E-state index in [0.717, 1.165) is 4.88 Å². The first-order valence-corrected chi connectivity index (χ1v) is 15.3. The second kappa shape index (κ2) is 11.0. The fourth-order valence-corrected chi connectivity index (χ4v) is 7.44. The molecule has 1 aliphatic heterocycles. The molecule has 38 heavy (non-hydrogen) atoms. The molecular weight excluding hydrogens is 539 g/mol. The summed E-state index contributed by atoms with van der Waals surface area (Å²) in [4.78, 5) is 33.4. The van der Waals surface area contributed by atoms with Crippen molar-refractivity contribution < 1.29 is 31.2 Å². The summed E-state index contributed by atoms with van der Waals surface area (Å²) >= 11 is 1.26. The smallest absolute Gasteiger partial charge is 0.346 e. The Hall–Kier alpha value is -2.47. The van der Waals surface area contributed by atoms with Crippen LogP contribution in [0.15, 0.2) is 29.3 Å². The molecule has 1 fully saturated rings. The number of nitrogens with zero attached hydrogens (tertiary/aromatic N) is 2. The van der Waals surface area contributed by atoms with E-state index in [1.807, 2.05) is 13.8 Å². The van der Waals surface area contributed by atoms with Crippen LogP contribution in [0.2, 0.25) is 0 Å². The molecule has 1 atom stereocenters. The Kier molecular flexibility index (Phi) is 8.23. The lowest BCUT2D eigenvalue weighted by Crippen LogP contribution is -2.37. The molecular formula is C26H32F3N3O4S2. The zero-order valence-corrected chi connectivity index (χ0v) is 23.2. The zero-order valence-electron chi connectivity index (χ0n) is 21.5. The molecule has 3 heterocycles. The number of halogens is 3. The predicted octanol–water partition coefficient (Wildman–Crippen LogP) is 5.39. The zero-order chi connectivity index (χ0) is 27.8. The van der Waals surface area contributed by atoms with Crippen LogP contribution in [0.1, 0.15) is 83.1 Å². The molecule has 0 saturated heterocycles. The maximum Gasteiger partial charge on any atom is 0.391 e. The van der Waals surface area contributed by atoms with E-state index < -0.39 is 21.9 Å². The van der Waals surface area contributed by atoms with Crippen LogP contribution in [0.4, 0.5) is 13.2 Å². The lowest BCUT2D eigenvalue weighted by molar-refractivity contribution is -0.184. The van der Waals surface area contributed by atoms with Gasteiger partial charge in [0.1, 0.15) is 0 Å². The third-order valence-corrected chi connectivity index (χ3v) is 10.4. The van der Waals surface area contributed by atoms with Gasteiger partial charge in [-0.15, -0.1) is 11.3 Å². The summed E-state index contributed by atoms with van der Waals surface area (Å²) < 4.78 is 63.0. The van der Waals surface area contributed by atoms with Gasteiger partial charge in [0, 0.05) is 17.6 Å². The lowest BCUT2D eigenvalue weighted by atomic mass is 9.81. The van der Waals surface area contributed by atoms with E-state index in [2.05, 4.69) is 10.3 Å². The van der Waals surface area contributed by atoms with Gasteiger partial charge in [0.25, 0.3) is 11.8 Å². The largest absolute Gasteiger partial charge is 0.391 e. The molecule has 0 radical (unpaired) electrons. The highest BCUT2D eigenvalue weighted by Crippen LogP contribution is 2.46. The number of hydrogen-bond acceptors (Lipinski definition) is 6. The van der Waals surface area contributed by atoms with Crippen molar-refractivity contribution in [1.82, 2.24) is 15.2 Å². The molecule has 2 aliphatic rings. The van der Waals surface area contributed by atoms with Gasteiger partial charge in [0.15, 0.2) is 9.84 Å². The van der Waals surface area contributed by atoms with Crippen molar-refractivity contribution in [1.29, 1.82) is 0 Å². The standard InChI is InChI=1S/C26H32F3N3O4S2/c1-4-38(35,36)19-10-9-18(30-13-19)12-31-24(33)21-11-20-23(37-21)22(15(2)3)32(25(20)34)14-16-5-7-17(8-6-16)26(27,28)29/h9-11,13,15-17,22H,4-8,12,14H2,1-3H3,(H,31,33)/t16-,17-,22-/m0/s1. The minimum absolute atomic E-state index is 0.0273. The summed E-state index contributed by atoms with van der Waals surface area (Å²) in [5.41, 5.74) is 0.982. The average molecular weight is 572 g/mol. The van der Waals surface area contributed by atoms with Gasteiger partial charge in [0.05, 0.1) is 45.3 Å². The molecule has 1 saturated carbocycles. The molecule has 0 unspecified atom stereocenters. The van der Waals surface area contributed by atoms with E-state index >= 15 is 0 Å². The Balaban J connectivity index is 1.40.